The predicted octanol–water partition coefficient (Wildman–Crippen LogP) is 2.89. The lowest BCUT2D eigenvalue weighted by Crippen LogP contribution is -2.11. The highest BCUT2D eigenvalue weighted by Crippen LogP contribution is 2.28. The molecule has 3 aromatic rings. The molecule has 26 heavy (non-hydrogen) atoms. The Morgan fingerprint density at radius 2 is 2.08 bits per heavy atom. The van der Waals surface area contributed by atoms with E-state index in [2.05, 4.69) is 26.6 Å². The summed E-state index contributed by atoms with van der Waals surface area (Å²) in [5.74, 6) is 1.92. The lowest BCUT2D eigenvalue weighted by Gasteiger charge is -2.06. The van der Waals surface area contributed by atoms with Gasteiger partial charge >= 0.3 is 0 Å². The van der Waals surface area contributed by atoms with Crippen molar-refractivity contribution in [2.45, 2.75) is 55.5 Å². The lowest BCUT2D eigenvalue weighted by molar-refractivity contribution is 0.382. The second-order valence-electron chi connectivity index (χ2n) is 6.23. The largest absolute Gasteiger partial charge is 0.338 e. The summed E-state index contributed by atoms with van der Waals surface area (Å²) < 4.78 is 30.5. The van der Waals surface area contributed by atoms with Gasteiger partial charge in [-0.15, -0.1) is 0 Å². The Morgan fingerprint density at radius 3 is 2.69 bits per heavy atom. The van der Waals surface area contributed by atoms with E-state index in [9.17, 15) is 8.42 Å². The number of hydrogen-bond donors (Lipinski definition) is 1. The molecular weight excluding hydrogens is 374 g/mol. The Morgan fingerprint density at radius 1 is 1.31 bits per heavy atom. The number of thioether (sulfide) groups is 1. The van der Waals surface area contributed by atoms with E-state index < -0.39 is 10.0 Å². The van der Waals surface area contributed by atoms with Crippen molar-refractivity contribution in [2.24, 2.45) is 5.14 Å². The molecule has 140 valence electrons. The van der Waals surface area contributed by atoms with Crippen molar-refractivity contribution in [3.63, 3.8) is 0 Å². The van der Waals surface area contributed by atoms with Crippen molar-refractivity contribution >= 4 is 32.8 Å². The maximum Gasteiger partial charge on any atom is 0.238 e. The fraction of sp³-hybridized carbons (Fsp3) is 0.438. The van der Waals surface area contributed by atoms with Gasteiger partial charge < -0.3 is 9.09 Å². The standard InChI is InChI=1S/C16H21N5O3S2/c1-4-7-21-13-6-5-11(26(17,22)23)8-12(13)18-16(21)25-9-14-19-15(10(2)3)20-24-14/h5-6,8,10H,4,7,9H2,1-3H3,(H2,17,22,23). The second kappa shape index (κ2) is 7.37. The van der Waals surface area contributed by atoms with Crippen LogP contribution < -0.4 is 5.14 Å². The van der Waals surface area contributed by atoms with Crippen LogP contribution in [-0.2, 0) is 22.3 Å². The zero-order valence-corrected chi connectivity index (χ0v) is 16.5. The maximum absolute atomic E-state index is 11.6. The van der Waals surface area contributed by atoms with E-state index in [1.165, 1.54) is 23.9 Å². The van der Waals surface area contributed by atoms with Crippen LogP contribution in [0.3, 0.4) is 0 Å². The van der Waals surface area contributed by atoms with Gasteiger partial charge in [0.15, 0.2) is 11.0 Å². The van der Waals surface area contributed by atoms with E-state index in [1.54, 1.807) is 6.07 Å². The topological polar surface area (TPSA) is 117 Å². The van der Waals surface area contributed by atoms with Crippen molar-refractivity contribution < 1.29 is 12.9 Å². The normalized spacial score (nSPS) is 12.3. The molecule has 0 bridgehead atoms. The van der Waals surface area contributed by atoms with Gasteiger partial charge in [-0.25, -0.2) is 18.5 Å². The quantitative estimate of drug-likeness (QED) is 0.611. The van der Waals surface area contributed by atoms with Crippen LogP contribution >= 0.6 is 11.8 Å². The number of hydrogen-bond acceptors (Lipinski definition) is 7. The van der Waals surface area contributed by atoms with Gasteiger partial charge in [-0.05, 0) is 24.6 Å². The number of rotatable bonds is 7. The first kappa shape index (κ1) is 18.9. The summed E-state index contributed by atoms with van der Waals surface area (Å²) in [4.78, 5) is 9.00. The second-order valence-corrected chi connectivity index (χ2v) is 8.74. The third kappa shape index (κ3) is 3.92. The van der Waals surface area contributed by atoms with Gasteiger partial charge in [-0.3, -0.25) is 0 Å². The molecule has 0 radical (unpaired) electrons. The summed E-state index contributed by atoms with van der Waals surface area (Å²) in [5.41, 5.74) is 1.47. The molecule has 0 amide bonds. The Hall–Kier alpha value is -1.91. The molecule has 0 atom stereocenters. The average molecular weight is 396 g/mol. The van der Waals surface area contributed by atoms with Crippen molar-refractivity contribution in [3.05, 3.63) is 29.9 Å². The molecule has 2 heterocycles. The predicted molar refractivity (Wildman–Crippen MR) is 99.3 cm³/mol. The fourth-order valence-electron chi connectivity index (χ4n) is 2.50. The van der Waals surface area contributed by atoms with Gasteiger partial charge in [0.1, 0.15) is 0 Å². The molecule has 2 aromatic heterocycles. The maximum atomic E-state index is 11.6. The molecule has 0 aliphatic rings. The minimum absolute atomic E-state index is 0.0566. The van der Waals surface area contributed by atoms with Crippen LogP contribution in [0.25, 0.3) is 11.0 Å². The number of nitrogens with two attached hydrogens (primary N) is 1. The zero-order valence-electron chi connectivity index (χ0n) is 14.8. The van der Waals surface area contributed by atoms with E-state index in [0.717, 1.165) is 23.6 Å². The number of aromatic nitrogens is 4. The first-order valence-electron chi connectivity index (χ1n) is 8.28. The van der Waals surface area contributed by atoms with Gasteiger partial charge in [-0.2, -0.15) is 4.98 Å². The Balaban J connectivity index is 1.91. The fourth-order valence-corrected chi connectivity index (χ4v) is 3.91. The number of aryl methyl sites for hydroxylation is 1. The van der Waals surface area contributed by atoms with Crippen LogP contribution in [-0.4, -0.2) is 28.1 Å². The smallest absolute Gasteiger partial charge is 0.238 e. The highest BCUT2D eigenvalue weighted by Gasteiger charge is 2.16. The molecule has 0 aliphatic heterocycles. The average Bonchev–Trinajstić information content (AvgIpc) is 3.17. The molecular formula is C16H21N5O3S2. The molecule has 10 heteroatoms. The van der Waals surface area contributed by atoms with Crippen molar-refractivity contribution in [1.82, 2.24) is 19.7 Å². The molecule has 8 nitrogen and oxygen atoms in total. The lowest BCUT2D eigenvalue weighted by atomic mass is 10.2. The van der Waals surface area contributed by atoms with Crippen LogP contribution in [0.15, 0.2) is 32.8 Å². The van der Waals surface area contributed by atoms with Crippen LogP contribution in [0.1, 0.15) is 44.8 Å². The minimum atomic E-state index is -3.76. The number of sulfonamides is 1. The van der Waals surface area contributed by atoms with E-state index in [0.29, 0.717) is 23.0 Å². The molecule has 0 saturated carbocycles. The van der Waals surface area contributed by atoms with Crippen molar-refractivity contribution in [2.75, 3.05) is 0 Å². The SMILES string of the molecule is CCCn1c(SCc2nc(C(C)C)no2)nc2cc(S(N)(=O)=O)ccc21. The summed E-state index contributed by atoms with van der Waals surface area (Å²) in [6.45, 7) is 6.86. The Labute approximate surface area is 156 Å². The van der Waals surface area contributed by atoms with E-state index in [-0.39, 0.29) is 10.8 Å². The first-order valence-corrected chi connectivity index (χ1v) is 10.8. The van der Waals surface area contributed by atoms with Crippen LogP contribution in [0.2, 0.25) is 0 Å². The van der Waals surface area contributed by atoms with Crippen LogP contribution in [0, 0.1) is 0 Å². The Kier molecular flexibility index (Phi) is 5.35. The van der Waals surface area contributed by atoms with Gasteiger partial charge in [0.25, 0.3) is 0 Å². The molecule has 0 spiro atoms. The Bertz CT molecular complexity index is 1020. The van der Waals surface area contributed by atoms with E-state index in [4.69, 9.17) is 9.66 Å². The highest BCUT2D eigenvalue weighted by molar-refractivity contribution is 7.98. The third-order valence-corrected chi connectivity index (χ3v) is 5.66. The van der Waals surface area contributed by atoms with Crippen LogP contribution in [0.5, 0.6) is 0 Å². The summed E-state index contributed by atoms with van der Waals surface area (Å²) >= 11 is 1.48. The number of benzene rings is 1. The zero-order chi connectivity index (χ0) is 18.9. The number of nitrogens with zero attached hydrogens (tertiary/aromatic N) is 4. The summed E-state index contributed by atoms with van der Waals surface area (Å²) in [6.07, 6.45) is 0.925. The van der Waals surface area contributed by atoms with Crippen molar-refractivity contribution in [3.8, 4) is 0 Å². The molecule has 0 unspecified atom stereocenters. The summed E-state index contributed by atoms with van der Waals surface area (Å²) in [5, 5.41) is 9.95. The minimum Gasteiger partial charge on any atom is -0.338 e. The van der Waals surface area contributed by atoms with Gasteiger partial charge in [0.05, 0.1) is 21.7 Å². The van der Waals surface area contributed by atoms with E-state index in [1.807, 2.05) is 13.8 Å². The molecule has 0 aliphatic carbocycles. The molecule has 3 rings (SSSR count). The van der Waals surface area contributed by atoms with Gasteiger partial charge in [-0.1, -0.05) is 37.7 Å². The highest BCUT2D eigenvalue weighted by atomic mass is 32.2. The van der Waals surface area contributed by atoms with Gasteiger partial charge in [0, 0.05) is 12.5 Å². The molecule has 0 fully saturated rings. The number of fused-ring (bicyclic) bond motifs is 1. The third-order valence-electron chi connectivity index (χ3n) is 3.79. The first-order chi connectivity index (χ1) is 12.3. The molecule has 1 aromatic carbocycles. The number of primary sulfonamides is 1. The van der Waals surface area contributed by atoms with E-state index >= 15 is 0 Å². The molecule has 0 saturated heterocycles. The summed E-state index contributed by atoms with van der Waals surface area (Å²) in [6, 6.07) is 4.75. The summed E-state index contributed by atoms with van der Waals surface area (Å²) in [7, 11) is -3.76. The monoisotopic (exact) mass is 395 g/mol. The van der Waals surface area contributed by atoms with Crippen molar-refractivity contribution in [1.29, 1.82) is 0 Å². The number of imidazole rings is 1. The van der Waals surface area contributed by atoms with Crippen LogP contribution in [0.4, 0.5) is 0 Å². The molecule has 2 N–H and O–H groups in total. The van der Waals surface area contributed by atoms with Gasteiger partial charge in [0.2, 0.25) is 15.9 Å².